The molecular weight excluding hydrogens is 319 g/mol. The van der Waals surface area contributed by atoms with Gasteiger partial charge in [0.15, 0.2) is 10.9 Å². The third-order valence-electron chi connectivity index (χ3n) is 2.23. The van der Waals surface area contributed by atoms with Crippen LogP contribution < -0.4 is 16.2 Å². The first-order valence-corrected chi connectivity index (χ1v) is 7.40. The Morgan fingerprint density at radius 2 is 1.70 bits per heavy atom. The minimum atomic E-state index is 0.343. The highest BCUT2D eigenvalue weighted by Crippen LogP contribution is 2.32. The van der Waals surface area contributed by atoms with E-state index in [1.807, 2.05) is 0 Å². The second-order valence-corrected chi connectivity index (χ2v) is 5.62. The Morgan fingerprint density at radius 1 is 1.10 bits per heavy atom. The summed E-state index contributed by atoms with van der Waals surface area (Å²) in [6.45, 7) is 0.409. The van der Waals surface area contributed by atoms with Crippen LogP contribution in [0.3, 0.4) is 0 Å². The van der Waals surface area contributed by atoms with E-state index in [9.17, 15) is 0 Å². The molecule has 0 atom stereocenters. The van der Waals surface area contributed by atoms with Crippen molar-refractivity contribution in [3.63, 3.8) is 0 Å². The van der Waals surface area contributed by atoms with Gasteiger partial charge in [-0.1, -0.05) is 41.0 Å². The number of anilines is 2. The summed E-state index contributed by atoms with van der Waals surface area (Å²) >= 11 is 13.4. The van der Waals surface area contributed by atoms with Crippen molar-refractivity contribution >= 4 is 46.6 Å². The normalized spacial score (nSPS) is 10.5. The molecule has 1 aromatic heterocycles. The van der Waals surface area contributed by atoms with Gasteiger partial charge in [-0.15, -0.1) is 0 Å². The lowest BCUT2D eigenvalue weighted by atomic mass is 10.3. The predicted octanol–water partition coefficient (Wildman–Crippen LogP) is 3.12. The molecule has 0 fully saturated rings. The van der Waals surface area contributed by atoms with Crippen molar-refractivity contribution in [1.82, 2.24) is 9.97 Å². The minimum Gasteiger partial charge on any atom is -0.490 e. The van der Waals surface area contributed by atoms with E-state index in [0.29, 0.717) is 44.9 Å². The Bertz CT molecular complexity index is 572. The highest BCUT2D eigenvalue weighted by molar-refractivity contribution is 7.99. The molecule has 0 aliphatic heterocycles. The Balaban J connectivity index is 1.88. The maximum Gasteiger partial charge on any atom is 0.191 e. The summed E-state index contributed by atoms with van der Waals surface area (Å²) in [5.41, 5.74) is 11.2. The molecule has 0 aliphatic carbocycles. The Morgan fingerprint density at radius 3 is 2.30 bits per heavy atom. The van der Waals surface area contributed by atoms with Gasteiger partial charge in [0, 0.05) is 11.8 Å². The Hall–Kier alpha value is -1.37. The molecule has 8 heteroatoms. The molecule has 0 amide bonds. The highest BCUT2D eigenvalue weighted by atomic mass is 35.5. The van der Waals surface area contributed by atoms with E-state index >= 15 is 0 Å². The SMILES string of the molecule is Nc1cc(N)nc(SCCOc2c(Cl)cccc2Cl)n1. The number of thioether (sulfide) groups is 1. The Kier molecular flexibility index (Phi) is 5.17. The van der Waals surface area contributed by atoms with Crippen LogP contribution in [0.25, 0.3) is 0 Å². The second kappa shape index (κ2) is 6.88. The number of para-hydroxylation sites is 1. The average molecular weight is 331 g/mol. The van der Waals surface area contributed by atoms with Gasteiger partial charge in [-0.3, -0.25) is 0 Å². The van der Waals surface area contributed by atoms with Crippen molar-refractivity contribution in [2.45, 2.75) is 5.16 Å². The molecule has 5 nitrogen and oxygen atoms in total. The van der Waals surface area contributed by atoms with Crippen molar-refractivity contribution in [2.75, 3.05) is 23.8 Å². The summed E-state index contributed by atoms with van der Waals surface area (Å²) in [4.78, 5) is 8.11. The monoisotopic (exact) mass is 330 g/mol. The lowest BCUT2D eigenvalue weighted by Crippen LogP contribution is -2.03. The van der Waals surface area contributed by atoms with Crippen molar-refractivity contribution in [3.8, 4) is 5.75 Å². The van der Waals surface area contributed by atoms with Crippen LogP contribution in [0.15, 0.2) is 29.4 Å². The van der Waals surface area contributed by atoms with Gasteiger partial charge in [-0.05, 0) is 12.1 Å². The van der Waals surface area contributed by atoms with E-state index in [1.54, 1.807) is 18.2 Å². The van der Waals surface area contributed by atoms with Crippen LogP contribution in [-0.2, 0) is 0 Å². The first-order chi connectivity index (χ1) is 9.56. The zero-order valence-corrected chi connectivity index (χ0v) is 12.7. The molecule has 4 N–H and O–H groups in total. The van der Waals surface area contributed by atoms with Crippen LogP contribution in [0.2, 0.25) is 10.0 Å². The molecule has 0 saturated carbocycles. The van der Waals surface area contributed by atoms with Crippen LogP contribution in [0, 0.1) is 0 Å². The number of hydrogen-bond acceptors (Lipinski definition) is 6. The van der Waals surface area contributed by atoms with Crippen molar-refractivity contribution < 1.29 is 4.74 Å². The van der Waals surface area contributed by atoms with E-state index in [0.717, 1.165) is 0 Å². The van der Waals surface area contributed by atoms with E-state index in [-0.39, 0.29) is 0 Å². The largest absolute Gasteiger partial charge is 0.490 e. The summed E-state index contributed by atoms with van der Waals surface area (Å²) in [7, 11) is 0. The summed E-state index contributed by atoms with van der Waals surface area (Å²) < 4.78 is 5.55. The summed E-state index contributed by atoms with van der Waals surface area (Å²) in [5, 5.41) is 1.47. The molecule has 0 unspecified atom stereocenters. The van der Waals surface area contributed by atoms with E-state index < -0.39 is 0 Å². The standard InChI is InChI=1S/C12H12Cl2N4OS/c13-7-2-1-3-8(14)11(7)19-4-5-20-12-17-9(15)6-10(16)18-12/h1-3,6H,4-5H2,(H4,15,16,17,18). The maximum absolute atomic E-state index is 5.99. The second-order valence-electron chi connectivity index (χ2n) is 3.75. The third-order valence-corrected chi connectivity index (χ3v) is 3.63. The van der Waals surface area contributed by atoms with Crippen LogP contribution in [0.1, 0.15) is 0 Å². The van der Waals surface area contributed by atoms with Crippen LogP contribution >= 0.6 is 35.0 Å². The lowest BCUT2D eigenvalue weighted by molar-refractivity contribution is 0.344. The first-order valence-electron chi connectivity index (χ1n) is 5.66. The Labute approximate surface area is 130 Å². The highest BCUT2D eigenvalue weighted by Gasteiger charge is 2.07. The number of nitrogens with zero attached hydrogens (tertiary/aromatic N) is 2. The van der Waals surface area contributed by atoms with Crippen LogP contribution in [0.5, 0.6) is 5.75 Å². The maximum atomic E-state index is 5.99. The molecule has 0 saturated heterocycles. The van der Waals surface area contributed by atoms with Gasteiger partial charge >= 0.3 is 0 Å². The number of hydrogen-bond donors (Lipinski definition) is 2. The lowest BCUT2D eigenvalue weighted by Gasteiger charge is -2.09. The minimum absolute atomic E-state index is 0.343. The van der Waals surface area contributed by atoms with Gasteiger partial charge in [0.1, 0.15) is 11.6 Å². The van der Waals surface area contributed by atoms with E-state index in [2.05, 4.69) is 9.97 Å². The number of halogens is 2. The van der Waals surface area contributed by atoms with Gasteiger partial charge < -0.3 is 16.2 Å². The molecule has 2 aromatic rings. The van der Waals surface area contributed by atoms with E-state index in [4.69, 9.17) is 39.4 Å². The zero-order chi connectivity index (χ0) is 14.5. The molecule has 1 heterocycles. The molecule has 0 bridgehead atoms. The summed E-state index contributed by atoms with van der Waals surface area (Å²) in [5.74, 6) is 1.78. The molecular formula is C12H12Cl2N4OS. The van der Waals surface area contributed by atoms with Crippen LogP contribution in [-0.4, -0.2) is 22.3 Å². The number of ether oxygens (including phenoxy) is 1. The van der Waals surface area contributed by atoms with Crippen molar-refractivity contribution in [1.29, 1.82) is 0 Å². The number of benzene rings is 1. The molecule has 0 aliphatic rings. The van der Waals surface area contributed by atoms with E-state index in [1.165, 1.54) is 17.8 Å². The topological polar surface area (TPSA) is 87.1 Å². The third kappa shape index (κ3) is 4.06. The van der Waals surface area contributed by atoms with Crippen molar-refractivity contribution in [3.05, 3.63) is 34.3 Å². The molecule has 2 rings (SSSR count). The van der Waals surface area contributed by atoms with Gasteiger partial charge in [-0.25, -0.2) is 9.97 Å². The van der Waals surface area contributed by atoms with Gasteiger partial charge in [0.2, 0.25) is 0 Å². The fraction of sp³-hybridized carbons (Fsp3) is 0.167. The number of rotatable bonds is 5. The fourth-order valence-electron chi connectivity index (χ4n) is 1.42. The number of nitrogen functional groups attached to an aromatic ring is 2. The van der Waals surface area contributed by atoms with Gasteiger partial charge in [0.05, 0.1) is 16.7 Å². The van der Waals surface area contributed by atoms with Crippen molar-refractivity contribution in [2.24, 2.45) is 0 Å². The fourth-order valence-corrected chi connectivity index (χ4v) is 2.62. The smallest absolute Gasteiger partial charge is 0.191 e. The van der Waals surface area contributed by atoms with Gasteiger partial charge in [-0.2, -0.15) is 0 Å². The number of nitrogens with two attached hydrogens (primary N) is 2. The van der Waals surface area contributed by atoms with Gasteiger partial charge in [0.25, 0.3) is 0 Å². The molecule has 106 valence electrons. The first kappa shape index (κ1) is 15.0. The number of aromatic nitrogens is 2. The molecule has 1 aromatic carbocycles. The quantitative estimate of drug-likeness (QED) is 0.497. The zero-order valence-electron chi connectivity index (χ0n) is 10.3. The summed E-state index contributed by atoms with van der Waals surface area (Å²) in [6, 6.07) is 6.70. The molecule has 0 spiro atoms. The molecule has 20 heavy (non-hydrogen) atoms. The van der Waals surface area contributed by atoms with Crippen LogP contribution in [0.4, 0.5) is 11.6 Å². The molecule has 0 radical (unpaired) electrons. The predicted molar refractivity (Wildman–Crippen MR) is 83.5 cm³/mol. The summed E-state index contributed by atoms with van der Waals surface area (Å²) in [6.07, 6.45) is 0. The average Bonchev–Trinajstić information content (AvgIpc) is 2.36.